The maximum atomic E-state index is 14.6. The number of carbonyl (C=O) groups excluding carboxylic acids is 5. The summed E-state index contributed by atoms with van der Waals surface area (Å²) in [6, 6.07) is -1.17. The van der Waals surface area contributed by atoms with Gasteiger partial charge in [-0.15, -0.1) is 0 Å². The lowest BCUT2D eigenvalue weighted by Crippen LogP contribution is -2.61. The number of amides is 1. The Morgan fingerprint density at radius 1 is 0.863 bits per heavy atom. The summed E-state index contributed by atoms with van der Waals surface area (Å²) in [5, 5.41) is 42.9. The van der Waals surface area contributed by atoms with Gasteiger partial charge in [0.25, 0.3) is 11.7 Å². The quantitative estimate of drug-likeness (QED) is 0.0904. The summed E-state index contributed by atoms with van der Waals surface area (Å²) in [7, 11) is 3.00. The highest BCUT2D eigenvalue weighted by Crippen LogP contribution is 2.39. The van der Waals surface area contributed by atoms with E-state index in [4.69, 9.17) is 28.4 Å². The normalized spacial score (nSPS) is 37.5. The van der Waals surface area contributed by atoms with Crippen LogP contribution in [0.1, 0.15) is 146 Å². The standard InChI is InChI=1S/C57H91NO15/c1-35-17-13-12-14-18-36(2)48(73-56(8,9)24-26-59)33-43-22-20-41(7)57(67,72-43)53(64)54(65)58-25-16-15-19-44(58)55(66)71-47(38(4)31-42-21-23-46(70-28-27-60)49(32-42)68-10)34-45(61)37(3)30-40(6)51(63)52(69-11)50(62)39(5)29-35/h12-14,17-18,30,35,37-39,41-44,46-49,51-52,59-60,63,67H,15-16,19-29,31-34H2,1-11H3/b14-12+,17-13+,36-18+,40-30+/t35-,37-,38-,39-,41-,42?,43+,44+,46-,47?,48?,49-,51-,52+,57-/m1/s1. The maximum Gasteiger partial charge on any atom is 0.329 e. The number of fused-ring (bicyclic) bond motifs is 3. The number of rotatable bonds is 12. The second-order valence-electron chi connectivity index (χ2n) is 22.3. The number of hydrogen-bond acceptors (Lipinski definition) is 15. The van der Waals surface area contributed by atoms with Crippen molar-refractivity contribution in [2.45, 2.75) is 206 Å². The Bertz CT molecular complexity index is 1940. The van der Waals surface area contributed by atoms with Gasteiger partial charge in [0.15, 0.2) is 5.78 Å². The van der Waals surface area contributed by atoms with Crippen LogP contribution in [0.4, 0.5) is 0 Å². The number of ketones is 3. The molecule has 2 saturated heterocycles. The summed E-state index contributed by atoms with van der Waals surface area (Å²) in [5.74, 6) is -8.27. The third-order valence-electron chi connectivity index (χ3n) is 15.8. The third-order valence-corrected chi connectivity index (χ3v) is 15.8. The van der Waals surface area contributed by atoms with Gasteiger partial charge in [-0.1, -0.05) is 71.1 Å². The van der Waals surface area contributed by atoms with Gasteiger partial charge in [0.05, 0.1) is 43.2 Å². The highest BCUT2D eigenvalue weighted by Gasteiger charge is 2.53. The van der Waals surface area contributed by atoms with E-state index in [9.17, 15) is 44.4 Å². The first-order chi connectivity index (χ1) is 34.5. The van der Waals surface area contributed by atoms with Crippen LogP contribution in [-0.2, 0) is 52.4 Å². The highest BCUT2D eigenvalue weighted by atomic mass is 16.6. The first kappa shape index (κ1) is 62.1. The van der Waals surface area contributed by atoms with Gasteiger partial charge in [0, 0.05) is 58.0 Å². The Morgan fingerprint density at radius 3 is 2.26 bits per heavy atom. The average Bonchev–Trinajstić information content (AvgIpc) is 3.35. The minimum Gasteiger partial charge on any atom is -0.460 e. The summed E-state index contributed by atoms with van der Waals surface area (Å²) in [4.78, 5) is 72.8. The van der Waals surface area contributed by atoms with Crippen LogP contribution in [0.2, 0.25) is 0 Å². The molecule has 3 aliphatic heterocycles. The lowest BCUT2D eigenvalue weighted by molar-refractivity contribution is -0.267. The molecule has 1 amide bonds. The average molecular weight is 1030 g/mol. The minimum atomic E-state index is -2.50. The van der Waals surface area contributed by atoms with E-state index in [1.807, 2.05) is 71.9 Å². The smallest absolute Gasteiger partial charge is 0.329 e. The van der Waals surface area contributed by atoms with Crippen molar-refractivity contribution >= 4 is 29.2 Å². The van der Waals surface area contributed by atoms with E-state index in [1.165, 1.54) is 12.0 Å². The number of ether oxygens (including phenoxy) is 6. The molecule has 3 heterocycles. The van der Waals surface area contributed by atoms with Crippen LogP contribution in [0.25, 0.3) is 0 Å². The number of aliphatic hydroxyl groups excluding tert-OH is 3. The van der Waals surface area contributed by atoms with Crippen LogP contribution in [0.5, 0.6) is 0 Å². The molecule has 2 bridgehead atoms. The molecule has 4 N–H and O–H groups in total. The van der Waals surface area contributed by atoms with Gasteiger partial charge in [-0.05, 0) is 127 Å². The predicted octanol–water partition coefficient (Wildman–Crippen LogP) is 6.73. The maximum absolute atomic E-state index is 14.6. The Hall–Kier alpha value is -3.45. The number of nitrogens with zero attached hydrogens (tertiary/aromatic N) is 1. The number of aliphatic hydroxyl groups is 4. The summed E-state index contributed by atoms with van der Waals surface area (Å²) in [6.07, 6.45) is 11.6. The number of hydrogen-bond donors (Lipinski definition) is 4. The first-order valence-corrected chi connectivity index (χ1v) is 27.0. The van der Waals surface area contributed by atoms with Crippen LogP contribution in [-0.4, -0.2) is 155 Å². The fourth-order valence-corrected chi connectivity index (χ4v) is 11.1. The van der Waals surface area contributed by atoms with Crippen LogP contribution in [0, 0.1) is 35.5 Å². The topological polar surface area (TPSA) is 225 Å². The van der Waals surface area contributed by atoms with Crippen molar-refractivity contribution < 1.29 is 72.8 Å². The zero-order valence-corrected chi connectivity index (χ0v) is 45.8. The van der Waals surface area contributed by atoms with E-state index in [1.54, 1.807) is 34.0 Å². The Labute approximate surface area is 435 Å². The molecule has 15 atom stereocenters. The molecular formula is C57H91NO15. The van der Waals surface area contributed by atoms with E-state index in [0.29, 0.717) is 63.4 Å². The molecule has 0 spiro atoms. The van der Waals surface area contributed by atoms with Crippen molar-refractivity contribution in [1.29, 1.82) is 0 Å². The Kier molecular flexibility index (Phi) is 24.8. The predicted molar refractivity (Wildman–Crippen MR) is 276 cm³/mol. The van der Waals surface area contributed by atoms with Crippen LogP contribution < -0.4 is 0 Å². The van der Waals surface area contributed by atoms with Crippen LogP contribution in [0.15, 0.2) is 47.6 Å². The van der Waals surface area contributed by atoms with Crippen LogP contribution in [0.3, 0.4) is 0 Å². The molecular weight excluding hydrogens is 939 g/mol. The monoisotopic (exact) mass is 1030 g/mol. The van der Waals surface area contributed by atoms with E-state index in [-0.39, 0.29) is 87.2 Å². The number of methoxy groups -OCH3 is 2. The summed E-state index contributed by atoms with van der Waals surface area (Å²) in [6.45, 7) is 16.4. The molecule has 4 rings (SSSR count). The lowest BCUT2D eigenvalue weighted by Gasteiger charge is -2.43. The van der Waals surface area contributed by atoms with Gasteiger partial charge in [-0.25, -0.2) is 4.79 Å². The molecule has 4 aliphatic rings. The van der Waals surface area contributed by atoms with Gasteiger partial charge in [-0.2, -0.15) is 0 Å². The van der Waals surface area contributed by atoms with Gasteiger partial charge in [-0.3, -0.25) is 19.2 Å². The molecule has 3 fully saturated rings. The number of carbonyl (C=O) groups is 5. The fraction of sp³-hybridized carbons (Fsp3) is 0.772. The van der Waals surface area contributed by atoms with Crippen molar-refractivity contribution in [3.63, 3.8) is 0 Å². The summed E-state index contributed by atoms with van der Waals surface area (Å²) in [5.41, 5.74) is 0.447. The summed E-state index contributed by atoms with van der Waals surface area (Å²) < 4.78 is 36.5. The van der Waals surface area contributed by atoms with Gasteiger partial charge >= 0.3 is 5.97 Å². The molecule has 1 saturated carbocycles. The molecule has 3 unspecified atom stereocenters. The molecule has 414 valence electrons. The Balaban J connectivity index is 1.74. The number of cyclic esters (lactones) is 1. The minimum absolute atomic E-state index is 0.0179. The molecule has 1 aliphatic carbocycles. The first-order valence-electron chi connectivity index (χ1n) is 27.0. The van der Waals surface area contributed by atoms with Gasteiger partial charge < -0.3 is 53.7 Å². The molecule has 16 nitrogen and oxygen atoms in total. The lowest BCUT2D eigenvalue weighted by atomic mass is 9.78. The summed E-state index contributed by atoms with van der Waals surface area (Å²) >= 11 is 0. The highest BCUT2D eigenvalue weighted by molar-refractivity contribution is 6.39. The SMILES string of the molecule is CO[C@@H]1CC(C[C@@H](C)C2CC(=O)[C@H](C)/C=C(\C)[C@@H](O)[C@@H](OC)C(=O)[C@H](C)C[C@H](C)/C=C/C=C/C=C(\C)C(OC(C)(C)CCO)C[C@@H]3CC[C@@H](C)[C@@](O)(O3)C(=O)C(=O)N3CCCC[C@H]3C(=O)O2)CC[C@H]1OCCO. The van der Waals surface area contributed by atoms with E-state index < -0.39 is 83.4 Å². The zero-order valence-electron chi connectivity index (χ0n) is 45.8. The Morgan fingerprint density at radius 2 is 1.59 bits per heavy atom. The van der Waals surface area contributed by atoms with Crippen LogP contribution >= 0.6 is 0 Å². The molecule has 0 aromatic heterocycles. The van der Waals surface area contributed by atoms with Gasteiger partial charge in [0.2, 0.25) is 5.79 Å². The number of allylic oxidation sites excluding steroid dienone is 6. The largest absolute Gasteiger partial charge is 0.460 e. The third kappa shape index (κ3) is 17.5. The molecule has 0 aromatic carbocycles. The number of esters is 1. The number of piperidine rings is 1. The van der Waals surface area contributed by atoms with Crippen molar-refractivity contribution in [1.82, 2.24) is 4.90 Å². The zero-order chi connectivity index (χ0) is 54.2. The van der Waals surface area contributed by atoms with E-state index in [2.05, 4.69) is 0 Å². The molecule has 0 radical (unpaired) electrons. The molecule has 73 heavy (non-hydrogen) atoms. The van der Waals surface area contributed by atoms with E-state index in [0.717, 1.165) is 12.0 Å². The second kappa shape index (κ2) is 29.2. The van der Waals surface area contributed by atoms with Crippen molar-refractivity contribution in [2.24, 2.45) is 35.5 Å². The van der Waals surface area contributed by atoms with Gasteiger partial charge in [0.1, 0.15) is 30.1 Å². The fourth-order valence-electron chi connectivity index (χ4n) is 11.1. The van der Waals surface area contributed by atoms with Crippen molar-refractivity contribution in [2.75, 3.05) is 40.6 Å². The van der Waals surface area contributed by atoms with Crippen molar-refractivity contribution in [3.05, 3.63) is 47.6 Å². The van der Waals surface area contributed by atoms with Crippen molar-refractivity contribution in [3.8, 4) is 0 Å². The second-order valence-corrected chi connectivity index (χ2v) is 22.3. The van der Waals surface area contributed by atoms with E-state index >= 15 is 0 Å². The molecule has 0 aromatic rings. The number of Topliss-reactive ketones (excluding diaryl/α,β-unsaturated/α-hetero) is 3. The molecule has 16 heteroatoms.